The molecule has 0 atom stereocenters. The molecule has 20 heavy (non-hydrogen) atoms. The molecule has 7 heteroatoms. The van der Waals surface area contributed by atoms with Crippen molar-refractivity contribution in [1.29, 1.82) is 0 Å². The summed E-state index contributed by atoms with van der Waals surface area (Å²) < 4.78 is 0. The van der Waals surface area contributed by atoms with Crippen LogP contribution in [0.4, 0.5) is 5.69 Å². The fourth-order valence-corrected chi connectivity index (χ4v) is 2.54. The Kier molecular flexibility index (Phi) is 3.99. The van der Waals surface area contributed by atoms with Gasteiger partial charge in [0.05, 0.1) is 10.5 Å². The maximum atomic E-state index is 11.0. The molecule has 0 aliphatic carbocycles. The molecule has 0 spiro atoms. The van der Waals surface area contributed by atoms with Crippen molar-refractivity contribution in [3.63, 3.8) is 0 Å². The number of carboxylic acid groups (broad SMARTS) is 1. The number of aryl methyl sites for hydroxylation is 1. The van der Waals surface area contributed by atoms with Gasteiger partial charge in [-0.2, -0.15) is 0 Å². The van der Waals surface area contributed by atoms with E-state index in [0.29, 0.717) is 10.6 Å². The first-order chi connectivity index (χ1) is 9.47. The van der Waals surface area contributed by atoms with Gasteiger partial charge in [-0.05, 0) is 31.2 Å². The van der Waals surface area contributed by atoms with Gasteiger partial charge < -0.3 is 5.11 Å². The van der Waals surface area contributed by atoms with Gasteiger partial charge in [-0.25, -0.2) is 9.78 Å². The highest BCUT2D eigenvalue weighted by Gasteiger charge is 2.17. The van der Waals surface area contributed by atoms with Crippen molar-refractivity contribution in [3.05, 3.63) is 57.8 Å². The van der Waals surface area contributed by atoms with Crippen molar-refractivity contribution in [2.45, 2.75) is 16.8 Å². The summed E-state index contributed by atoms with van der Waals surface area (Å²) in [6, 6.07) is 9.16. The van der Waals surface area contributed by atoms with Crippen LogP contribution in [0, 0.1) is 17.0 Å². The highest BCUT2D eigenvalue weighted by atomic mass is 32.2. The lowest BCUT2D eigenvalue weighted by atomic mass is 10.2. The van der Waals surface area contributed by atoms with Gasteiger partial charge >= 0.3 is 11.7 Å². The third-order valence-corrected chi connectivity index (χ3v) is 3.46. The minimum absolute atomic E-state index is 0.0960. The molecule has 2 aromatic rings. The summed E-state index contributed by atoms with van der Waals surface area (Å²) in [4.78, 5) is 26.1. The number of benzene rings is 1. The van der Waals surface area contributed by atoms with E-state index in [1.54, 1.807) is 25.1 Å². The summed E-state index contributed by atoms with van der Waals surface area (Å²) in [6.07, 6.45) is 0. The van der Waals surface area contributed by atoms with Gasteiger partial charge in [0.25, 0.3) is 0 Å². The topological polar surface area (TPSA) is 93.3 Å². The zero-order valence-electron chi connectivity index (χ0n) is 10.4. The second-order valence-electron chi connectivity index (χ2n) is 3.97. The maximum absolute atomic E-state index is 11.0. The van der Waals surface area contributed by atoms with Gasteiger partial charge in [-0.15, -0.1) is 0 Å². The summed E-state index contributed by atoms with van der Waals surface area (Å²) in [5, 5.41) is 20.1. The molecule has 0 saturated heterocycles. The van der Waals surface area contributed by atoms with Gasteiger partial charge in [0.15, 0.2) is 5.03 Å². The zero-order chi connectivity index (χ0) is 14.7. The van der Waals surface area contributed by atoms with Gasteiger partial charge in [0.1, 0.15) is 0 Å². The smallest absolute Gasteiger partial charge is 0.335 e. The van der Waals surface area contributed by atoms with Crippen LogP contribution in [-0.2, 0) is 0 Å². The van der Waals surface area contributed by atoms with E-state index in [4.69, 9.17) is 5.11 Å². The van der Waals surface area contributed by atoms with Crippen LogP contribution >= 0.6 is 11.8 Å². The predicted octanol–water partition coefficient (Wildman–Crippen LogP) is 3.15. The molecule has 0 fully saturated rings. The number of aromatic carboxylic acids is 1. The predicted molar refractivity (Wildman–Crippen MR) is 73.2 cm³/mol. The van der Waals surface area contributed by atoms with E-state index in [2.05, 4.69) is 4.98 Å². The molecule has 0 radical (unpaired) electrons. The first-order valence-corrected chi connectivity index (χ1v) is 6.42. The lowest BCUT2D eigenvalue weighted by molar-refractivity contribution is -0.388. The molecule has 1 aromatic heterocycles. The second kappa shape index (κ2) is 5.70. The van der Waals surface area contributed by atoms with E-state index < -0.39 is 10.9 Å². The van der Waals surface area contributed by atoms with Crippen LogP contribution in [0.2, 0.25) is 0 Å². The van der Waals surface area contributed by atoms with Crippen LogP contribution in [0.5, 0.6) is 0 Å². The number of carbonyl (C=O) groups is 1. The number of hydrogen-bond donors (Lipinski definition) is 1. The number of aromatic nitrogens is 1. The molecule has 0 unspecified atom stereocenters. The van der Waals surface area contributed by atoms with E-state index >= 15 is 0 Å². The van der Waals surface area contributed by atoms with Crippen molar-refractivity contribution in [2.75, 3.05) is 0 Å². The number of pyridine rings is 1. The molecule has 102 valence electrons. The summed E-state index contributed by atoms with van der Waals surface area (Å²) >= 11 is 1.07. The van der Waals surface area contributed by atoms with Gasteiger partial charge in [-0.1, -0.05) is 17.8 Å². The molecule has 1 N–H and O–H groups in total. The second-order valence-corrected chi connectivity index (χ2v) is 5.03. The van der Waals surface area contributed by atoms with Crippen molar-refractivity contribution < 1.29 is 14.8 Å². The Bertz CT molecular complexity index is 688. The Hall–Kier alpha value is -2.41. The number of hydrogen-bond acceptors (Lipinski definition) is 5. The normalized spacial score (nSPS) is 10.2. The van der Waals surface area contributed by atoms with E-state index in [1.807, 2.05) is 0 Å². The third-order valence-electron chi connectivity index (χ3n) is 2.47. The molecule has 1 heterocycles. The first-order valence-electron chi connectivity index (χ1n) is 5.60. The quantitative estimate of drug-likeness (QED) is 0.686. The summed E-state index contributed by atoms with van der Waals surface area (Å²) in [7, 11) is 0. The Morgan fingerprint density at radius 2 is 2.10 bits per heavy atom. The van der Waals surface area contributed by atoms with Crippen molar-refractivity contribution >= 4 is 23.4 Å². The zero-order valence-corrected chi connectivity index (χ0v) is 11.3. The van der Waals surface area contributed by atoms with Crippen molar-refractivity contribution in [1.82, 2.24) is 4.98 Å². The van der Waals surface area contributed by atoms with Crippen molar-refractivity contribution in [3.8, 4) is 0 Å². The van der Waals surface area contributed by atoms with Gasteiger partial charge in [-0.3, -0.25) is 10.1 Å². The largest absolute Gasteiger partial charge is 0.478 e. The fraction of sp³-hybridized carbons (Fsp3) is 0.0769. The highest BCUT2D eigenvalue weighted by molar-refractivity contribution is 7.99. The molecule has 0 saturated carbocycles. The van der Waals surface area contributed by atoms with Crippen LogP contribution in [0.3, 0.4) is 0 Å². The number of nitrogens with zero attached hydrogens (tertiary/aromatic N) is 2. The summed E-state index contributed by atoms with van der Waals surface area (Å²) in [6.45, 7) is 1.74. The third kappa shape index (κ3) is 3.12. The lowest BCUT2D eigenvalue weighted by Gasteiger charge is -2.04. The monoisotopic (exact) mass is 290 g/mol. The molecular formula is C13H10N2O4S. The Labute approximate surface area is 118 Å². The maximum Gasteiger partial charge on any atom is 0.335 e. The Morgan fingerprint density at radius 1 is 1.35 bits per heavy atom. The van der Waals surface area contributed by atoms with Crippen LogP contribution in [-0.4, -0.2) is 21.0 Å². The van der Waals surface area contributed by atoms with Crippen LogP contribution < -0.4 is 0 Å². The van der Waals surface area contributed by atoms with E-state index in [0.717, 1.165) is 11.8 Å². The lowest BCUT2D eigenvalue weighted by Crippen LogP contribution is -1.97. The summed E-state index contributed by atoms with van der Waals surface area (Å²) in [5.74, 6) is -1.04. The van der Waals surface area contributed by atoms with Crippen LogP contribution in [0.1, 0.15) is 16.1 Å². The molecular weight excluding hydrogens is 280 g/mol. The molecule has 6 nitrogen and oxygen atoms in total. The van der Waals surface area contributed by atoms with Crippen LogP contribution in [0.15, 0.2) is 46.3 Å². The SMILES string of the molecule is Cc1ccc([N+](=O)[O-])c(Sc2cccc(C(=O)O)c2)n1. The Morgan fingerprint density at radius 3 is 2.75 bits per heavy atom. The van der Waals surface area contributed by atoms with E-state index in [1.165, 1.54) is 18.2 Å². The standard InChI is InChI=1S/C13H10N2O4S/c1-8-5-6-11(15(18)19)12(14-8)20-10-4-2-3-9(7-10)13(16)17/h2-7H,1H3,(H,16,17). The molecule has 0 bridgehead atoms. The van der Waals surface area contributed by atoms with Crippen molar-refractivity contribution in [2.24, 2.45) is 0 Å². The highest BCUT2D eigenvalue weighted by Crippen LogP contribution is 2.33. The average molecular weight is 290 g/mol. The van der Waals surface area contributed by atoms with E-state index in [-0.39, 0.29) is 16.3 Å². The van der Waals surface area contributed by atoms with Gasteiger partial charge in [0.2, 0.25) is 0 Å². The fourth-order valence-electron chi connectivity index (χ4n) is 1.54. The Balaban J connectivity index is 2.39. The number of nitro groups is 1. The first kappa shape index (κ1) is 14.0. The molecule has 1 aromatic carbocycles. The van der Waals surface area contributed by atoms with Gasteiger partial charge in [0, 0.05) is 16.7 Å². The number of carboxylic acids is 1. The summed E-state index contributed by atoms with van der Waals surface area (Å²) in [5.41, 5.74) is 0.694. The number of rotatable bonds is 4. The van der Waals surface area contributed by atoms with Crippen LogP contribution in [0.25, 0.3) is 0 Å². The molecule has 0 amide bonds. The molecule has 0 aliphatic heterocycles. The molecule has 0 aliphatic rings. The minimum atomic E-state index is -1.04. The molecule has 2 rings (SSSR count). The minimum Gasteiger partial charge on any atom is -0.478 e. The van der Waals surface area contributed by atoms with E-state index in [9.17, 15) is 14.9 Å². The average Bonchev–Trinajstić information content (AvgIpc) is 2.38.